The fourth-order valence-electron chi connectivity index (χ4n) is 2.02. The Hall–Kier alpha value is -2.01. The lowest BCUT2D eigenvalue weighted by atomic mass is 10.0. The number of hydrogen-bond acceptors (Lipinski definition) is 3. The minimum Gasteiger partial charge on any atom is -0.494 e. The molecule has 1 heterocycles. The lowest BCUT2D eigenvalue weighted by Crippen LogP contribution is -2.23. The van der Waals surface area contributed by atoms with E-state index in [9.17, 15) is 8.78 Å². The van der Waals surface area contributed by atoms with Gasteiger partial charge >= 0.3 is 0 Å². The highest BCUT2D eigenvalue weighted by Crippen LogP contribution is 2.25. The molecule has 2 rings (SSSR count). The Morgan fingerprint density at radius 3 is 2.60 bits per heavy atom. The van der Waals surface area contributed by atoms with Gasteiger partial charge < -0.3 is 10.1 Å². The van der Waals surface area contributed by atoms with Gasteiger partial charge in [-0.3, -0.25) is 4.98 Å². The van der Waals surface area contributed by atoms with Gasteiger partial charge in [0.05, 0.1) is 25.0 Å². The van der Waals surface area contributed by atoms with Gasteiger partial charge in [0.1, 0.15) is 5.82 Å². The lowest BCUT2D eigenvalue weighted by Gasteiger charge is -2.18. The van der Waals surface area contributed by atoms with Crippen molar-refractivity contribution in [1.29, 1.82) is 0 Å². The summed E-state index contributed by atoms with van der Waals surface area (Å²) in [5.74, 6) is -0.643. The Labute approximate surface area is 116 Å². The number of hydrogen-bond donors (Lipinski definition) is 1. The molecule has 5 heteroatoms. The zero-order valence-corrected chi connectivity index (χ0v) is 11.4. The van der Waals surface area contributed by atoms with E-state index < -0.39 is 11.6 Å². The van der Waals surface area contributed by atoms with Crippen molar-refractivity contribution in [3.8, 4) is 5.75 Å². The van der Waals surface area contributed by atoms with Crippen LogP contribution >= 0.6 is 0 Å². The van der Waals surface area contributed by atoms with Crippen LogP contribution in [-0.2, 0) is 0 Å². The molecule has 0 bridgehead atoms. The van der Waals surface area contributed by atoms with E-state index in [-0.39, 0.29) is 11.8 Å². The highest BCUT2D eigenvalue weighted by atomic mass is 19.1. The summed E-state index contributed by atoms with van der Waals surface area (Å²) in [5, 5.41) is 3.21. The third-order valence-corrected chi connectivity index (χ3v) is 2.96. The SMILES string of the molecule is CCNC(c1ccc(OC)c(F)c1)c1ccc(F)cn1. The number of nitrogens with one attached hydrogen (secondary N) is 1. The average Bonchev–Trinajstić information content (AvgIpc) is 2.46. The van der Waals surface area contributed by atoms with Crippen molar-refractivity contribution in [3.05, 3.63) is 59.4 Å². The van der Waals surface area contributed by atoms with Crippen LogP contribution in [-0.4, -0.2) is 18.6 Å². The molecule has 1 aromatic heterocycles. The summed E-state index contributed by atoms with van der Waals surface area (Å²) in [6, 6.07) is 7.37. The fourth-order valence-corrected chi connectivity index (χ4v) is 2.02. The predicted octanol–water partition coefficient (Wildman–Crippen LogP) is 3.07. The number of benzene rings is 1. The first-order valence-corrected chi connectivity index (χ1v) is 6.34. The van der Waals surface area contributed by atoms with Gasteiger partial charge in [-0.25, -0.2) is 8.78 Å². The topological polar surface area (TPSA) is 34.1 Å². The van der Waals surface area contributed by atoms with Crippen molar-refractivity contribution in [2.45, 2.75) is 13.0 Å². The number of rotatable bonds is 5. The molecule has 1 atom stereocenters. The van der Waals surface area contributed by atoms with Crippen molar-refractivity contribution in [2.24, 2.45) is 0 Å². The number of aromatic nitrogens is 1. The van der Waals surface area contributed by atoms with Crippen LogP contribution in [0.4, 0.5) is 8.78 Å². The molecule has 0 saturated carbocycles. The van der Waals surface area contributed by atoms with E-state index >= 15 is 0 Å². The van der Waals surface area contributed by atoms with Crippen LogP contribution < -0.4 is 10.1 Å². The second kappa shape index (κ2) is 6.43. The molecule has 1 N–H and O–H groups in total. The van der Waals surface area contributed by atoms with Gasteiger partial charge in [-0.1, -0.05) is 13.0 Å². The standard InChI is InChI=1S/C15H16F2N2O/c1-3-18-15(13-6-5-11(16)9-19-13)10-4-7-14(20-2)12(17)8-10/h4-9,15,18H,3H2,1-2H3. The Kier molecular flexibility index (Phi) is 4.63. The largest absolute Gasteiger partial charge is 0.494 e. The van der Waals surface area contributed by atoms with Crippen LogP contribution in [0.3, 0.4) is 0 Å². The van der Waals surface area contributed by atoms with Gasteiger partial charge in [0.25, 0.3) is 0 Å². The molecule has 1 unspecified atom stereocenters. The Morgan fingerprint density at radius 2 is 2.05 bits per heavy atom. The highest BCUT2D eigenvalue weighted by molar-refractivity contribution is 5.34. The third kappa shape index (κ3) is 3.11. The summed E-state index contributed by atoms with van der Waals surface area (Å²) >= 11 is 0. The first-order valence-electron chi connectivity index (χ1n) is 6.34. The van der Waals surface area contributed by atoms with Crippen LogP contribution in [0.25, 0.3) is 0 Å². The van der Waals surface area contributed by atoms with Gasteiger partial charge in [-0.15, -0.1) is 0 Å². The summed E-state index contributed by atoms with van der Waals surface area (Å²) in [6.45, 7) is 2.62. The van der Waals surface area contributed by atoms with Crippen LogP contribution in [0.15, 0.2) is 36.5 Å². The molecule has 2 aromatic rings. The molecule has 0 amide bonds. The zero-order chi connectivity index (χ0) is 14.5. The maximum Gasteiger partial charge on any atom is 0.165 e. The zero-order valence-electron chi connectivity index (χ0n) is 11.4. The van der Waals surface area contributed by atoms with Crippen molar-refractivity contribution in [1.82, 2.24) is 10.3 Å². The first-order chi connectivity index (χ1) is 9.65. The van der Waals surface area contributed by atoms with Crippen molar-refractivity contribution < 1.29 is 13.5 Å². The number of pyridine rings is 1. The molecule has 106 valence electrons. The molecule has 3 nitrogen and oxygen atoms in total. The average molecular weight is 278 g/mol. The van der Waals surface area contributed by atoms with E-state index in [1.807, 2.05) is 6.92 Å². The molecule has 0 saturated heterocycles. The van der Waals surface area contributed by atoms with Gasteiger partial charge in [0, 0.05) is 0 Å². The van der Waals surface area contributed by atoms with Gasteiger partial charge in [0.2, 0.25) is 0 Å². The summed E-state index contributed by atoms with van der Waals surface area (Å²) in [6.07, 6.45) is 1.15. The van der Waals surface area contributed by atoms with Crippen molar-refractivity contribution in [2.75, 3.05) is 13.7 Å². The van der Waals surface area contributed by atoms with Gasteiger partial charge in [-0.05, 0) is 36.4 Å². The maximum absolute atomic E-state index is 13.8. The maximum atomic E-state index is 13.8. The molecule has 1 aromatic carbocycles. The summed E-state index contributed by atoms with van der Waals surface area (Å²) in [7, 11) is 1.42. The van der Waals surface area contributed by atoms with Crippen LogP contribution in [0.2, 0.25) is 0 Å². The molecule has 0 aliphatic carbocycles. The molecular weight excluding hydrogens is 262 g/mol. The summed E-state index contributed by atoms with van der Waals surface area (Å²) in [4.78, 5) is 4.05. The molecule has 0 radical (unpaired) electrons. The van der Waals surface area contributed by atoms with E-state index in [4.69, 9.17) is 4.74 Å². The van der Waals surface area contributed by atoms with Gasteiger partial charge in [-0.2, -0.15) is 0 Å². The van der Waals surface area contributed by atoms with E-state index in [1.54, 1.807) is 18.2 Å². The van der Waals surface area contributed by atoms with E-state index in [1.165, 1.54) is 19.2 Å². The number of nitrogens with zero attached hydrogens (tertiary/aromatic N) is 1. The Balaban J connectivity index is 2.37. The fraction of sp³-hybridized carbons (Fsp3) is 0.267. The van der Waals surface area contributed by atoms with E-state index in [2.05, 4.69) is 10.3 Å². The molecular formula is C15H16F2N2O. The van der Waals surface area contributed by atoms with E-state index in [0.29, 0.717) is 17.8 Å². The molecule has 0 aliphatic heterocycles. The van der Waals surface area contributed by atoms with Crippen molar-refractivity contribution in [3.63, 3.8) is 0 Å². The van der Waals surface area contributed by atoms with Crippen LogP contribution in [0, 0.1) is 11.6 Å². The Morgan fingerprint density at radius 1 is 1.25 bits per heavy atom. The third-order valence-electron chi connectivity index (χ3n) is 2.96. The van der Waals surface area contributed by atoms with Crippen LogP contribution in [0.5, 0.6) is 5.75 Å². The van der Waals surface area contributed by atoms with E-state index in [0.717, 1.165) is 6.20 Å². The molecule has 20 heavy (non-hydrogen) atoms. The van der Waals surface area contributed by atoms with Crippen molar-refractivity contribution >= 4 is 0 Å². The number of halogens is 2. The number of methoxy groups -OCH3 is 1. The second-order valence-electron chi connectivity index (χ2n) is 4.29. The molecule has 0 fully saturated rings. The minimum atomic E-state index is -0.435. The second-order valence-corrected chi connectivity index (χ2v) is 4.29. The monoisotopic (exact) mass is 278 g/mol. The highest BCUT2D eigenvalue weighted by Gasteiger charge is 2.16. The number of ether oxygens (including phenoxy) is 1. The lowest BCUT2D eigenvalue weighted by molar-refractivity contribution is 0.385. The summed E-state index contributed by atoms with van der Waals surface area (Å²) < 4.78 is 31.6. The first kappa shape index (κ1) is 14.4. The van der Waals surface area contributed by atoms with Gasteiger partial charge in [0.15, 0.2) is 11.6 Å². The minimum absolute atomic E-state index is 0.191. The normalized spacial score (nSPS) is 12.2. The molecule has 0 aliphatic rings. The van der Waals surface area contributed by atoms with Crippen LogP contribution in [0.1, 0.15) is 24.2 Å². The summed E-state index contributed by atoms with van der Waals surface area (Å²) in [5.41, 5.74) is 1.35. The predicted molar refractivity (Wildman–Crippen MR) is 72.7 cm³/mol. The molecule has 0 spiro atoms. The smallest absolute Gasteiger partial charge is 0.165 e. The Bertz CT molecular complexity index is 573. The quantitative estimate of drug-likeness (QED) is 0.912.